The standard InChI is InChI=1S/C9H7ClN/c10-6-7-1-2-8-3-4-11-9(8)5-7/h1-6,11H. The fraction of sp³-hybridized carbons (Fsp3) is 0. The summed E-state index contributed by atoms with van der Waals surface area (Å²) >= 11 is 5.56. The van der Waals surface area contributed by atoms with E-state index in [1.54, 1.807) is 5.88 Å². The van der Waals surface area contributed by atoms with Gasteiger partial charge >= 0.3 is 0 Å². The first-order valence-electron chi connectivity index (χ1n) is 3.41. The van der Waals surface area contributed by atoms with Crippen molar-refractivity contribution in [2.75, 3.05) is 0 Å². The number of fused-ring (bicyclic) bond motifs is 1. The molecule has 2 rings (SSSR count). The lowest BCUT2D eigenvalue weighted by atomic mass is 10.2. The number of halogens is 1. The Morgan fingerprint density at radius 3 is 3.00 bits per heavy atom. The molecule has 1 heterocycles. The number of hydrogen-bond donors (Lipinski definition) is 1. The summed E-state index contributed by atoms with van der Waals surface area (Å²) in [6, 6.07) is 8.08. The highest BCUT2D eigenvalue weighted by atomic mass is 35.5. The smallest absolute Gasteiger partial charge is 0.0790 e. The van der Waals surface area contributed by atoms with E-state index >= 15 is 0 Å². The van der Waals surface area contributed by atoms with E-state index in [1.807, 2.05) is 30.5 Å². The molecule has 0 aliphatic rings. The summed E-state index contributed by atoms with van der Waals surface area (Å²) in [5.74, 6) is 1.57. The zero-order valence-corrected chi connectivity index (χ0v) is 6.60. The zero-order valence-electron chi connectivity index (χ0n) is 5.84. The Hall–Kier alpha value is -0.950. The molecule has 0 fully saturated rings. The Balaban J connectivity index is 2.67. The summed E-state index contributed by atoms with van der Waals surface area (Å²) < 4.78 is 0. The molecule has 0 aliphatic heterocycles. The van der Waals surface area contributed by atoms with Crippen LogP contribution in [-0.4, -0.2) is 4.98 Å². The highest BCUT2D eigenvalue weighted by molar-refractivity contribution is 6.25. The van der Waals surface area contributed by atoms with Crippen LogP contribution in [-0.2, 0) is 0 Å². The minimum atomic E-state index is 1.03. The van der Waals surface area contributed by atoms with Crippen LogP contribution in [0.3, 0.4) is 0 Å². The van der Waals surface area contributed by atoms with E-state index in [9.17, 15) is 0 Å². The van der Waals surface area contributed by atoms with Crippen molar-refractivity contribution in [1.29, 1.82) is 0 Å². The molecule has 11 heavy (non-hydrogen) atoms. The first-order valence-corrected chi connectivity index (χ1v) is 3.84. The maximum Gasteiger partial charge on any atom is 0.0790 e. The van der Waals surface area contributed by atoms with E-state index in [-0.39, 0.29) is 0 Å². The van der Waals surface area contributed by atoms with Crippen molar-refractivity contribution in [2.45, 2.75) is 0 Å². The second kappa shape index (κ2) is 2.59. The number of aromatic amines is 1. The van der Waals surface area contributed by atoms with Gasteiger partial charge in [0.25, 0.3) is 0 Å². The second-order valence-electron chi connectivity index (χ2n) is 2.43. The average Bonchev–Trinajstić information content (AvgIpc) is 2.50. The molecule has 2 aromatic rings. The van der Waals surface area contributed by atoms with Gasteiger partial charge in [0, 0.05) is 11.7 Å². The van der Waals surface area contributed by atoms with Crippen molar-refractivity contribution in [3.8, 4) is 0 Å². The van der Waals surface area contributed by atoms with Crippen LogP contribution in [0.25, 0.3) is 10.9 Å². The number of hydrogen-bond acceptors (Lipinski definition) is 0. The van der Waals surface area contributed by atoms with Crippen LogP contribution in [0.5, 0.6) is 0 Å². The van der Waals surface area contributed by atoms with Crippen molar-refractivity contribution in [1.82, 2.24) is 4.98 Å². The van der Waals surface area contributed by atoms with Crippen molar-refractivity contribution in [3.63, 3.8) is 0 Å². The molecule has 0 spiro atoms. The van der Waals surface area contributed by atoms with Gasteiger partial charge in [-0.2, -0.15) is 0 Å². The maximum atomic E-state index is 5.56. The molecule has 0 bridgehead atoms. The van der Waals surface area contributed by atoms with Crippen molar-refractivity contribution < 1.29 is 0 Å². The minimum absolute atomic E-state index is 1.03. The van der Waals surface area contributed by atoms with Gasteiger partial charge in [0.15, 0.2) is 0 Å². The van der Waals surface area contributed by atoms with E-state index in [0.717, 1.165) is 11.1 Å². The number of rotatable bonds is 1. The van der Waals surface area contributed by atoms with Crippen LogP contribution in [0.1, 0.15) is 5.56 Å². The van der Waals surface area contributed by atoms with Gasteiger partial charge in [-0.05, 0) is 23.1 Å². The Kier molecular flexibility index (Phi) is 1.59. The van der Waals surface area contributed by atoms with Crippen LogP contribution in [0.4, 0.5) is 0 Å². The molecule has 1 nitrogen and oxygen atoms in total. The zero-order chi connectivity index (χ0) is 7.68. The van der Waals surface area contributed by atoms with Crippen LogP contribution in [0.2, 0.25) is 0 Å². The van der Waals surface area contributed by atoms with Crippen LogP contribution in [0.15, 0.2) is 30.5 Å². The molecular weight excluding hydrogens is 158 g/mol. The molecule has 2 heteroatoms. The third kappa shape index (κ3) is 1.12. The largest absolute Gasteiger partial charge is 0.361 e. The normalized spacial score (nSPS) is 10.6. The average molecular weight is 165 g/mol. The Morgan fingerprint density at radius 1 is 1.27 bits per heavy atom. The van der Waals surface area contributed by atoms with E-state index in [0.29, 0.717) is 0 Å². The predicted octanol–water partition coefficient (Wildman–Crippen LogP) is 2.92. The van der Waals surface area contributed by atoms with Gasteiger partial charge in [-0.25, -0.2) is 0 Å². The Morgan fingerprint density at radius 2 is 2.18 bits per heavy atom. The molecule has 0 amide bonds. The van der Waals surface area contributed by atoms with Gasteiger partial charge in [-0.15, -0.1) is 11.6 Å². The molecule has 0 atom stereocenters. The van der Waals surface area contributed by atoms with Gasteiger partial charge in [-0.3, -0.25) is 0 Å². The van der Waals surface area contributed by atoms with Gasteiger partial charge in [0.05, 0.1) is 5.88 Å². The highest BCUT2D eigenvalue weighted by Gasteiger charge is 1.94. The lowest BCUT2D eigenvalue weighted by molar-refractivity contribution is 1.47. The van der Waals surface area contributed by atoms with Crippen molar-refractivity contribution >= 4 is 22.5 Å². The fourth-order valence-corrected chi connectivity index (χ4v) is 1.27. The molecule has 1 N–H and O–H groups in total. The molecule has 1 aromatic heterocycles. The first-order chi connectivity index (χ1) is 5.40. The SMILES string of the molecule is Cl[CH]c1ccc2cc[nH]c2c1. The molecule has 0 aliphatic carbocycles. The van der Waals surface area contributed by atoms with Crippen LogP contribution < -0.4 is 0 Å². The molecule has 0 saturated heterocycles. The topological polar surface area (TPSA) is 15.8 Å². The molecule has 0 saturated carbocycles. The summed E-state index contributed by atoms with van der Waals surface area (Å²) in [5, 5.41) is 1.22. The van der Waals surface area contributed by atoms with E-state index in [4.69, 9.17) is 11.6 Å². The highest BCUT2D eigenvalue weighted by Crippen LogP contribution is 2.15. The van der Waals surface area contributed by atoms with E-state index in [1.165, 1.54) is 5.39 Å². The molecular formula is C9H7ClN. The molecule has 1 aromatic carbocycles. The number of benzene rings is 1. The lowest BCUT2D eigenvalue weighted by Crippen LogP contribution is -1.74. The number of aromatic nitrogens is 1. The Bertz CT molecular complexity index is 364. The van der Waals surface area contributed by atoms with Crippen molar-refractivity contribution in [2.24, 2.45) is 0 Å². The summed E-state index contributed by atoms with van der Waals surface area (Å²) in [6.45, 7) is 0. The van der Waals surface area contributed by atoms with Crippen LogP contribution in [0, 0.1) is 5.88 Å². The van der Waals surface area contributed by atoms with Crippen LogP contribution >= 0.6 is 11.6 Å². The first kappa shape index (κ1) is 6.74. The third-order valence-electron chi connectivity index (χ3n) is 1.71. The maximum absolute atomic E-state index is 5.56. The van der Waals surface area contributed by atoms with E-state index < -0.39 is 0 Å². The van der Waals surface area contributed by atoms with Gasteiger partial charge in [-0.1, -0.05) is 12.1 Å². The summed E-state index contributed by atoms with van der Waals surface area (Å²) in [6.07, 6.45) is 1.92. The van der Waals surface area contributed by atoms with Gasteiger partial charge in [0.2, 0.25) is 0 Å². The molecule has 0 unspecified atom stereocenters. The lowest BCUT2D eigenvalue weighted by Gasteiger charge is -1.93. The van der Waals surface area contributed by atoms with E-state index in [2.05, 4.69) is 4.98 Å². The second-order valence-corrected chi connectivity index (χ2v) is 2.65. The van der Waals surface area contributed by atoms with Gasteiger partial charge in [0.1, 0.15) is 0 Å². The third-order valence-corrected chi connectivity index (χ3v) is 1.96. The summed E-state index contributed by atoms with van der Waals surface area (Å²) in [5.41, 5.74) is 2.15. The fourth-order valence-electron chi connectivity index (χ4n) is 1.13. The predicted molar refractivity (Wildman–Crippen MR) is 47.6 cm³/mol. The molecule has 55 valence electrons. The number of nitrogens with one attached hydrogen (secondary N) is 1. The number of H-pyrrole nitrogens is 1. The minimum Gasteiger partial charge on any atom is -0.361 e. The Labute approximate surface area is 70.0 Å². The van der Waals surface area contributed by atoms with Gasteiger partial charge < -0.3 is 4.98 Å². The molecule has 1 radical (unpaired) electrons. The summed E-state index contributed by atoms with van der Waals surface area (Å²) in [4.78, 5) is 3.12. The monoisotopic (exact) mass is 164 g/mol. The quantitative estimate of drug-likeness (QED) is 0.667. The summed E-state index contributed by atoms with van der Waals surface area (Å²) in [7, 11) is 0. The van der Waals surface area contributed by atoms with Crippen molar-refractivity contribution in [3.05, 3.63) is 41.9 Å².